The highest BCUT2D eigenvalue weighted by atomic mass is 19.1. The molecule has 0 unspecified atom stereocenters. The van der Waals surface area contributed by atoms with Crippen molar-refractivity contribution in [3.8, 4) is 6.07 Å². The Morgan fingerprint density at radius 3 is 2.79 bits per heavy atom. The van der Waals surface area contributed by atoms with Crippen LogP contribution in [0.2, 0.25) is 0 Å². The molecule has 0 aromatic heterocycles. The zero-order valence-electron chi connectivity index (χ0n) is 15.3. The molecule has 1 aliphatic heterocycles. The van der Waals surface area contributed by atoms with Crippen LogP contribution in [0.3, 0.4) is 0 Å². The molecule has 1 atom stereocenters. The Hall–Kier alpha value is -3.47. The molecule has 8 heteroatoms. The number of hydrogen-bond acceptors (Lipinski definition) is 3. The van der Waals surface area contributed by atoms with E-state index in [-0.39, 0.29) is 24.2 Å². The van der Waals surface area contributed by atoms with Gasteiger partial charge in [0.1, 0.15) is 18.2 Å². The minimum Gasteiger partial charge on any atom is -0.348 e. The Morgan fingerprint density at radius 1 is 1.36 bits per heavy atom. The number of benzene rings is 2. The second-order valence-electron chi connectivity index (χ2n) is 6.67. The quantitative estimate of drug-likeness (QED) is 0.848. The molecule has 0 fully saturated rings. The minimum absolute atomic E-state index is 0.167. The van der Waals surface area contributed by atoms with Gasteiger partial charge in [0.25, 0.3) is 0 Å². The molecular weight excluding hydrogens is 366 g/mol. The van der Waals surface area contributed by atoms with E-state index in [4.69, 9.17) is 5.26 Å². The number of nitrogens with one attached hydrogen (secondary N) is 2. The third-order valence-electron chi connectivity index (χ3n) is 4.62. The molecule has 0 aliphatic carbocycles. The Bertz CT molecular complexity index is 1000. The van der Waals surface area contributed by atoms with Gasteiger partial charge in [0, 0.05) is 5.56 Å². The van der Waals surface area contributed by atoms with E-state index in [1.54, 1.807) is 13.8 Å². The molecule has 2 aromatic rings. The molecule has 1 heterocycles. The highest BCUT2D eigenvalue weighted by Gasteiger charge is 2.26. The van der Waals surface area contributed by atoms with Crippen molar-refractivity contribution in [2.24, 2.45) is 0 Å². The van der Waals surface area contributed by atoms with Crippen LogP contribution in [0.4, 0.5) is 19.3 Å². The van der Waals surface area contributed by atoms with Crippen molar-refractivity contribution >= 4 is 17.6 Å². The van der Waals surface area contributed by atoms with E-state index in [9.17, 15) is 18.4 Å². The van der Waals surface area contributed by atoms with Gasteiger partial charge in [-0.15, -0.1) is 0 Å². The molecule has 2 aromatic carbocycles. The highest BCUT2D eigenvalue weighted by Crippen LogP contribution is 2.27. The number of aryl methyl sites for hydroxylation is 1. The summed E-state index contributed by atoms with van der Waals surface area (Å²) in [6.45, 7) is 3.28. The third kappa shape index (κ3) is 3.93. The van der Waals surface area contributed by atoms with Crippen LogP contribution in [0.1, 0.15) is 35.2 Å². The largest absolute Gasteiger partial charge is 0.348 e. The predicted octanol–water partition coefficient (Wildman–Crippen LogP) is 3.37. The van der Waals surface area contributed by atoms with Crippen molar-refractivity contribution in [3.05, 3.63) is 64.2 Å². The van der Waals surface area contributed by atoms with Crippen LogP contribution in [0, 0.1) is 29.9 Å². The van der Waals surface area contributed by atoms with E-state index in [1.165, 1.54) is 29.2 Å². The number of amides is 3. The topological polar surface area (TPSA) is 85.2 Å². The fourth-order valence-electron chi connectivity index (χ4n) is 3.17. The van der Waals surface area contributed by atoms with Crippen molar-refractivity contribution in [2.75, 3.05) is 11.9 Å². The summed E-state index contributed by atoms with van der Waals surface area (Å²) in [6, 6.07) is 7.33. The first-order chi connectivity index (χ1) is 13.3. The molecule has 0 radical (unpaired) electrons. The van der Waals surface area contributed by atoms with Gasteiger partial charge in [-0.2, -0.15) is 5.26 Å². The molecule has 28 heavy (non-hydrogen) atoms. The Labute approximate surface area is 160 Å². The van der Waals surface area contributed by atoms with Crippen LogP contribution >= 0.6 is 0 Å². The SMILES string of the molecule is Cc1cc(F)cc2c1CN(CC(=O)N[C@H](C)c1ccc(C#N)cc1F)C(=O)N2. The number of halogens is 2. The van der Waals surface area contributed by atoms with Gasteiger partial charge < -0.3 is 15.5 Å². The Kier molecular flexibility index (Phi) is 5.27. The second kappa shape index (κ2) is 7.64. The standard InChI is InChI=1S/C20H18F2N4O2/c1-11-5-14(21)7-18-16(11)9-26(20(28)25-18)10-19(27)24-12(2)15-4-3-13(8-23)6-17(15)22/h3-7,12H,9-10H2,1-2H3,(H,24,27)(H,25,28)/t12-/m1/s1. The van der Waals surface area contributed by atoms with Crippen molar-refractivity contribution in [1.29, 1.82) is 5.26 Å². The zero-order chi connectivity index (χ0) is 20.4. The maximum absolute atomic E-state index is 14.1. The number of carbonyl (C=O) groups excluding carboxylic acids is 2. The summed E-state index contributed by atoms with van der Waals surface area (Å²) in [4.78, 5) is 25.9. The van der Waals surface area contributed by atoms with Crippen molar-refractivity contribution < 1.29 is 18.4 Å². The Balaban J connectivity index is 1.68. The number of nitriles is 1. The Morgan fingerprint density at radius 2 is 2.11 bits per heavy atom. The highest BCUT2D eigenvalue weighted by molar-refractivity contribution is 5.95. The number of carbonyl (C=O) groups is 2. The van der Waals surface area contributed by atoms with Gasteiger partial charge in [-0.25, -0.2) is 13.6 Å². The molecule has 0 saturated heterocycles. The maximum Gasteiger partial charge on any atom is 0.322 e. The van der Waals surface area contributed by atoms with Gasteiger partial charge in [-0.05, 0) is 49.2 Å². The summed E-state index contributed by atoms with van der Waals surface area (Å²) in [7, 11) is 0. The third-order valence-corrected chi connectivity index (χ3v) is 4.62. The van der Waals surface area contributed by atoms with Crippen LogP contribution in [-0.2, 0) is 11.3 Å². The summed E-state index contributed by atoms with van der Waals surface area (Å²) in [5.74, 6) is -1.50. The lowest BCUT2D eigenvalue weighted by Crippen LogP contribution is -2.45. The number of nitrogens with zero attached hydrogens (tertiary/aromatic N) is 2. The van der Waals surface area contributed by atoms with Crippen LogP contribution in [0.25, 0.3) is 0 Å². The first-order valence-corrected chi connectivity index (χ1v) is 8.62. The lowest BCUT2D eigenvalue weighted by Gasteiger charge is -2.30. The van der Waals surface area contributed by atoms with Crippen LogP contribution in [-0.4, -0.2) is 23.4 Å². The number of anilines is 1. The average Bonchev–Trinajstić information content (AvgIpc) is 2.62. The maximum atomic E-state index is 14.1. The zero-order valence-corrected chi connectivity index (χ0v) is 15.3. The molecule has 3 amide bonds. The van der Waals surface area contributed by atoms with Crippen molar-refractivity contribution in [3.63, 3.8) is 0 Å². The van der Waals surface area contributed by atoms with Crippen LogP contribution in [0.5, 0.6) is 0 Å². The number of fused-ring (bicyclic) bond motifs is 1. The molecule has 6 nitrogen and oxygen atoms in total. The second-order valence-corrected chi connectivity index (χ2v) is 6.67. The summed E-state index contributed by atoms with van der Waals surface area (Å²) < 4.78 is 27.6. The van der Waals surface area contributed by atoms with Crippen molar-refractivity contribution in [1.82, 2.24) is 10.2 Å². The molecule has 1 aliphatic rings. The van der Waals surface area contributed by atoms with E-state index in [1.807, 2.05) is 6.07 Å². The van der Waals surface area contributed by atoms with E-state index in [0.29, 0.717) is 11.3 Å². The average molecular weight is 384 g/mol. The van der Waals surface area contributed by atoms with E-state index >= 15 is 0 Å². The molecule has 144 valence electrons. The lowest BCUT2D eigenvalue weighted by atomic mass is 10.0. The number of urea groups is 1. The van der Waals surface area contributed by atoms with Crippen LogP contribution in [0.15, 0.2) is 30.3 Å². The van der Waals surface area contributed by atoms with Crippen LogP contribution < -0.4 is 10.6 Å². The molecule has 0 saturated carbocycles. The molecule has 3 rings (SSSR count). The summed E-state index contributed by atoms with van der Waals surface area (Å²) >= 11 is 0. The van der Waals surface area contributed by atoms with E-state index in [0.717, 1.165) is 11.6 Å². The first kappa shape index (κ1) is 19.3. The summed E-state index contributed by atoms with van der Waals surface area (Å²) in [6.07, 6.45) is 0. The fourth-order valence-corrected chi connectivity index (χ4v) is 3.17. The predicted molar refractivity (Wildman–Crippen MR) is 98.2 cm³/mol. The number of rotatable bonds is 4. The van der Waals surface area contributed by atoms with Gasteiger partial charge in [-0.1, -0.05) is 6.07 Å². The van der Waals surface area contributed by atoms with Gasteiger partial charge >= 0.3 is 6.03 Å². The van der Waals surface area contributed by atoms with Crippen molar-refractivity contribution in [2.45, 2.75) is 26.4 Å². The van der Waals surface area contributed by atoms with E-state index in [2.05, 4.69) is 10.6 Å². The van der Waals surface area contributed by atoms with E-state index < -0.39 is 29.6 Å². The lowest BCUT2D eigenvalue weighted by molar-refractivity contribution is -0.122. The summed E-state index contributed by atoms with van der Waals surface area (Å²) in [5, 5.41) is 14.0. The summed E-state index contributed by atoms with van der Waals surface area (Å²) in [5.41, 5.74) is 2.24. The fraction of sp³-hybridized carbons (Fsp3) is 0.250. The molecule has 0 bridgehead atoms. The van der Waals surface area contributed by atoms with Gasteiger partial charge in [0.05, 0.1) is 29.9 Å². The van der Waals surface area contributed by atoms with Gasteiger partial charge in [-0.3, -0.25) is 4.79 Å². The minimum atomic E-state index is -0.642. The number of hydrogen-bond donors (Lipinski definition) is 2. The first-order valence-electron chi connectivity index (χ1n) is 8.62. The van der Waals surface area contributed by atoms with Gasteiger partial charge in [0.15, 0.2) is 0 Å². The monoisotopic (exact) mass is 384 g/mol. The molecule has 0 spiro atoms. The smallest absolute Gasteiger partial charge is 0.322 e. The normalized spacial score (nSPS) is 14.0. The molecular formula is C20H18F2N4O2. The van der Waals surface area contributed by atoms with Gasteiger partial charge in [0.2, 0.25) is 5.91 Å². The molecule has 2 N–H and O–H groups in total.